The summed E-state index contributed by atoms with van der Waals surface area (Å²) in [6, 6.07) is 7.98. The van der Waals surface area contributed by atoms with E-state index in [0.717, 1.165) is 10.7 Å². The second-order valence-electron chi connectivity index (χ2n) is 4.56. The van der Waals surface area contributed by atoms with Crippen LogP contribution in [0.25, 0.3) is 10.7 Å². The van der Waals surface area contributed by atoms with E-state index in [1.165, 1.54) is 16.6 Å². The number of thioether (sulfide) groups is 1. The zero-order valence-electron chi connectivity index (χ0n) is 11.9. The fourth-order valence-corrected chi connectivity index (χ4v) is 3.96. The third kappa shape index (κ3) is 3.76. The van der Waals surface area contributed by atoms with Gasteiger partial charge in [-0.1, -0.05) is 23.9 Å². The van der Waals surface area contributed by atoms with Gasteiger partial charge in [-0.15, -0.1) is 27.8 Å². The van der Waals surface area contributed by atoms with E-state index < -0.39 is 0 Å². The standard InChI is InChI=1S/C14H14N4OS3/c1-18(8-10-4-2-6-20-10)12(19)9-22-14-15-13(16-17-14)11-5-3-7-21-11/h2-7H,8-9H2,1H3,(H,15,16,17). The van der Waals surface area contributed by atoms with Gasteiger partial charge in [-0.3, -0.25) is 9.89 Å². The molecule has 1 amide bonds. The predicted molar refractivity (Wildman–Crippen MR) is 91.2 cm³/mol. The van der Waals surface area contributed by atoms with Gasteiger partial charge in [0, 0.05) is 11.9 Å². The monoisotopic (exact) mass is 350 g/mol. The Kier molecular flexibility index (Phi) is 4.91. The Morgan fingerprint density at radius 2 is 2.14 bits per heavy atom. The molecule has 0 bridgehead atoms. The number of nitrogens with one attached hydrogen (secondary N) is 1. The fraction of sp³-hybridized carbons (Fsp3) is 0.214. The van der Waals surface area contributed by atoms with Crippen LogP contribution in [0.1, 0.15) is 4.88 Å². The molecule has 114 valence electrons. The lowest BCUT2D eigenvalue weighted by Crippen LogP contribution is -2.27. The Balaban J connectivity index is 1.52. The highest BCUT2D eigenvalue weighted by Gasteiger charge is 2.13. The lowest BCUT2D eigenvalue weighted by Gasteiger charge is -2.15. The van der Waals surface area contributed by atoms with Gasteiger partial charge in [-0.2, -0.15) is 0 Å². The molecule has 0 aromatic carbocycles. The summed E-state index contributed by atoms with van der Waals surface area (Å²) in [4.78, 5) is 20.5. The van der Waals surface area contributed by atoms with Crippen LogP contribution in [0.15, 0.2) is 40.2 Å². The lowest BCUT2D eigenvalue weighted by molar-refractivity contribution is -0.127. The summed E-state index contributed by atoms with van der Waals surface area (Å²) in [6.45, 7) is 0.644. The van der Waals surface area contributed by atoms with Gasteiger partial charge in [0.15, 0.2) is 5.82 Å². The Morgan fingerprint density at radius 1 is 1.32 bits per heavy atom. The zero-order valence-corrected chi connectivity index (χ0v) is 14.3. The van der Waals surface area contributed by atoms with E-state index in [9.17, 15) is 4.79 Å². The summed E-state index contributed by atoms with van der Waals surface area (Å²) >= 11 is 4.61. The van der Waals surface area contributed by atoms with Crippen LogP contribution in [0.3, 0.4) is 0 Å². The molecule has 0 spiro atoms. The second kappa shape index (κ2) is 7.08. The molecule has 3 aromatic heterocycles. The van der Waals surface area contributed by atoms with Crippen LogP contribution in [0, 0.1) is 0 Å². The molecule has 0 radical (unpaired) electrons. The van der Waals surface area contributed by atoms with Crippen molar-refractivity contribution in [2.75, 3.05) is 12.8 Å². The van der Waals surface area contributed by atoms with E-state index in [1.54, 1.807) is 27.6 Å². The summed E-state index contributed by atoms with van der Waals surface area (Å²) in [6.07, 6.45) is 0. The number of hydrogen-bond donors (Lipinski definition) is 1. The molecule has 0 fully saturated rings. The highest BCUT2D eigenvalue weighted by molar-refractivity contribution is 7.99. The minimum atomic E-state index is 0.0703. The maximum Gasteiger partial charge on any atom is 0.233 e. The summed E-state index contributed by atoms with van der Waals surface area (Å²) in [5.41, 5.74) is 0. The first kappa shape index (κ1) is 15.3. The highest BCUT2D eigenvalue weighted by Crippen LogP contribution is 2.23. The maximum atomic E-state index is 12.1. The molecule has 5 nitrogen and oxygen atoms in total. The van der Waals surface area contributed by atoms with Gasteiger partial charge in [-0.25, -0.2) is 4.98 Å². The summed E-state index contributed by atoms with van der Waals surface area (Å²) in [7, 11) is 1.82. The molecule has 3 heterocycles. The highest BCUT2D eigenvalue weighted by atomic mass is 32.2. The molecule has 8 heteroatoms. The number of carbonyl (C=O) groups is 1. The van der Waals surface area contributed by atoms with E-state index in [1.807, 2.05) is 42.1 Å². The van der Waals surface area contributed by atoms with Crippen molar-refractivity contribution in [2.24, 2.45) is 0 Å². The normalized spacial score (nSPS) is 10.8. The number of nitrogens with zero attached hydrogens (tertiary/aromatic N) is 3. The van der Waals surface area contributed by atoms with Crippen molar-refractivity contribution in [3.63, 3.8) is 0 Å². The summed E-state index contributed by atoms with van der Waals surface area (Å²) in [5, 5.41) is 11.7. The van der Waals surface area contributed by atoms with Gasteiger partial charge in [0.25, 0.3) is 0 Å². The van der Waals surface area contributed by atoms with Crippen LogP contribution in [-0.2, 0) is 11.3 Å². The quantitative estimate of drug-likeness (QED) is 0.693. The van der Waals surface area contributed by atoms with Crippen molar-refractivity contribution in [3.05, 3.63) is 39.9 Å². The number of hydrogen-bond acceptors (Lipinski definition) is 6. The van der Waals surface area contributed by atoms with Crippen LogP contribution >= 0.6 is 34.4 Å². The van der Waals surface area contributed by atoms with Gasteiger partial charge < -0.3 is 4.90 Å². The van der Waals surface area contributed by atoms with Gasteiger partial charge in [0.2, 0.25) is 11.1 Å². The summed E-state index contributed by atoms with van der Waals surface area (Å²) < 4.78 is 0. The van der Waals surface area contributed by atoms with Gasteiger partial charge >= 0.3 is 0 Å². The molecule has 0 aliphatic rings. The van der Waals surface area contributed by atoms with E-state index in [2.05, 4.69) is 15.2 Å². The first-order valence-electron chi connectivity index (χ1n) is 6.58. The molecule has 0 aliphatic heterocycles. The smallest absolute Gasteiger partial charge is 0.233 e. The minimum Gasteiger partial charge on any atom is -0.340 e. The van der Waals surface area contributed by atoms with Gasteiger partial charge in [0.1, 0.15) is 0 Å². The van der Waals surface area contributed by atoms with E-state index in [0.29, 0.717) is 17.5 Å². The Bertz CT molecular complexity index is 721. The third-order valence-corrected chi connectivity index (χ3v) is 5.51. The van der Waals surface area contributed by atoms with Crippen molar-refractivity contribution in [2.45, 2.75) is 11.7 Å². The van der Waals surface area contributed by atoms with Crippen LogP contribution < -0.4 is 0 Å². The van der Waals surface area contributed by atoms with Crippen LogP contribution in [0.5, 0.6) is 0 Å². The van der Waals surface area contributed by atoms with E-state index >= 15 is 0 Å². The van der Waals surface area contributed by atoms with Gasteiger partial charge in [0.05, 0.1) is 17.2 Å². The number of aromatic nitrogens is 3. The number of amides is 1. The maximum absolute atomic E-state index is 12.1. The van der Waals surface area contributed by atoms with E-state index in [-0.39, 0.29) is 5.91 Å². The molecule has 22 heavy (non-hydrogen) atoms. The number of rotatable bonds is 6. The first-order chi connectivity index (χ1) is 10.7. The van der Waals surface area contributed by atoms with Crippen molar-refractivity contribution in [1.82, 2.24) is 20.1 Å². The second-order valence-corrected chi connectivity index (χ2v) is 7.48. The molecule has 0 aliphatic carbocycles. The number of H-pyrrole nitrogens is 1. The molecule has 0 saturated heterocycles. The van der Waals surface area contributed by atoms with E-state index in [4.69, 9.17) is 0 Å². The average molecular weight is 350 g/mol. The predicted octanol–water partition coefficient (Wildman–Crippen LogP) is 3.35. The van der Waals surface area contributed by atoms with Crippen LogP contribution in [0.4, 0.5) is 0 Å². The van der Waals surface area contributed by atoms with Crippen molar-refractivity contribution >= 4 is 40.3 Å². The molecule has 3 aromatic rings. The molecule has 0 atom stereocenters. The van der Waals surface area contributed by atoms with Crippen LogP contribution in [0.2, 0.25) is 0 Å². The summed E-state index contributed by atoms with van der Waals surface area (Å²) in [5.74, 6) is 1.15. The zero-order chi connectivity index (χ0) is 15.4. The van der Waals surface area contributed by atoms with Crippen LogP contribution in [-0.4, -0.2) is 38.8 Å². The molecular weight excluding hydrogens is 336 g/mol. The Morgan fingerprint density at radius 3 is 2.86 bits per heavy atom. The molecule has 0 unspecified atom stereocenters. The first-order valence-corrected chi connectivity index (χ1v) is 9.32. The van der Waals surface area contributed by atoms with Crippen molar-refractivity contribution in [3.8, 4) is 10.7 Å². The van der Waals surface area contributed by atoms with Crippen molar-refractivity contribution < 1.29 is 4.79 Å². The average Bonchev–Trinajstić information content (AvgIpc) is 3.25. The Labute approximate surface area is 140 Å². The molecule has 1 N–H and O–H groups in total. The SMILES string of the molecule is CN(Cc1cccs1)C(=O)CSc1n[nH]c(-c2cccs2)n1. The number of carbonyl (C=O) groups excluding carboxylic acids is 1. The molecule has 3 rings (SSSR count). The lowest BCUT2D eigenvalue weighted by atomic mass is 10.4. The van der Waals surface area contributed by atoms with Gasteiger partial charge in [-0.05, 0) is 22.9 Å². The largest absolute Gasteiger partial charge is 0.340 e. The topological polar surface area (TPSA) is 61.9 Å². The number of thiophene rings is 2. The third-order valence-electron chi connectivity index (χ3n) is 2.94. The van der Waals surface area contributed by atoms with Crippen molar-refractivity contribution in [1.29, 1.82) is 0 Å². The number of aromatic amines is 1. The Hall–Kier alpha value is -1.64. The molecular formula is C14H14N4OS3. The fourth-order valence-electron chi connectivity index (χ4n) is 1.80. The minimum absolute atomic E-state index is 0.0703. The molecule has 0 saturated carbocycles.